The van der Waals surface area contributed by atoms with Crippen LogP contribution in [-0.2, 0) is 9.53 Å². The first-order chi connectivity index (χ1) is 20.7. The molecule has 2 aromatic heterocycles. The molecule has 0 radical (unpaired) electrons. The number of nitrogens with zero attached hydrogens (tertiary/aromatic N) is 2. The second-order valence-corrected chi connectivity index (χ2v) is 9.86. The summed E-state index contributed by atoms with van der Waals surface area (Å²) in [4.78, 5) is 42.0. The Morgan fingerprint density at radius 3 is 2.40 bits per heavy atom. The van der Waals surface area contributed by atoms with Gasteiger partial charge in [0.2, 0.25) is 5.91 Å². The van der Waals surface area contributed by atoms with Crippen LogP contribution in [0.2, 0.25) is 0 Å². The van der Waals surface area contributed by atoms with Gasteiger partial charge < -0.3 is 39.6 Å². The molecule has 0 unspecified atom stereocenters. The van der Waals surface area contributed by atoms with Crippen molar-refractivity contribution in [2.75, 3.05) is 31.0 Å². The normalized spacial score (nSPS) is 16.0. The summed E-state index contributed by atoms with van der Waals surface area (Å²) in [6, 6.07) is 16.8. The number of benzene rings is 2. The summed E-state index contributed by atoms with van der Waals surface area (Å²) in [6.07, 6.45) is 1.66. The zero-order chi connectivity index (χ0) is 30.7. The first-order valence-corrected chi connectivity index (χ1v) is 13.3. The molecule has 0 aliphatic carbocycles. The molecule has 0 spiro atoms. The van der Waals surface area contributed by atoms with E-state index in [2.05, 4.69) is 15.6 Å². The SMILES string of the molecule is COCC(=O)Nc1cc(N2C(=S)N[C@H](c3ccccn3)[C@H]2c2ccc(-c3cc(C(=O)O)cc(C(=O)O)c3)o2)ccc1OC. The number of hydrogen-bond acceptors (Lipinski definition) is 8. The minimum absolute atomic E-state index is 0.150. The van der Waals surface area contributed by atoms with E-state index in [1.54, 1.807) is 42.6 Å². The lowest BCUT2D eigenvalue weighted by atomic mass is 10.0. The minimum Gasteiger partial charge on any atom is -0.495 e. The Bertz CT molecular complexity index is 1680. The molecule has 1 aliphatic rings. The standard InChI is InChI=1S/C30H26N4O8S/c1-40-15-25(35)32-21-14-19(6-7-23(21)41-2)34-27(26(33-30(34)43)20-5-3-4-10-31-20)24-9-8-22(42-24)16-11-17(28(36)37)13-18(12-16)29(38)39/h3-14,26-27H,15H2,1-2H3,(H,32,35)(H,33,43)(H,36,37)(H,38,39)/t26-,27-/m1/s1. The zero-order valence-corrected chi connectivity index (χ0v) is 23.8. The van der Waals surface area contributed by atoms with Gasteiger partial charge in [0.05, 0.1) is 35.7 Å². The first-order valence-electron chi connectivity index (χ1n) is 12.9. The molecule has 4 aromatic rings. The van der Waals surface area contributed by atoms with Gasteiger partial charge >= 0.3 is 11.9 Å². The number of nitrogens with one attached hydrogen (secondary N) is 2. The summed E-state index contributed by atoms with van der Waals surface area (Å²) in [5.74, 6) is -1.77. The van der Waals surface area contributed by atoms with Gasteiger partial charge in [-0.25, -0.2) is 9.59 Å². The topological polar surface area (TPSA) is 163 Å². The van der Waals surface area contributed by atoms with Crippen LogP contribution in [0.5, 0.6) is 5.75 Å². The van der Waals surface area contributed by atoms with Crippen LogP contribution in [0.25, 0.3) is 11.3 Å². The molecule has 2 aromatic carbocycles. The molecule has 5 rings (SSSR count). The number of rotatable bonds is 10. The smallest absolute Gasteiger partial charge is 0.335 e. The van der Waals surface area contributed by atoms with Crippen molar-refractivity contribution in [3.8, 4) is 17.1 Å². The van der Waals surface area contributed by atoms with Crippen molar-refractivity contribution in [3.63, 3.8) is 0 Å². The third-order valence-electron chi connectivity index (χ3n) is 6.74. The van der Waals surface area contributed by atoms with Crippen molar-refractivity contribution >= 4 is 46.6 Å². The summed E-state index contributed by atoms with van der Waals surface area (Å²) in [5.41, 5.74) is 1.59. The van der Waals surface area contributed by atoms with Gasteiger partial charge in [0.25, 0.3) is 0 Å². The molecule has 220 valence electrons. The van der Waals surface area contributed by atoms with Crippen molar-refractivity contribution in [1.29, 1.82) is 0 Å². The number of aromatic nitrogens is 1. The molecule has 1 amide bonds. The Morgan fingerprint density at radius 2 is 1.77 bits per heavy atom. The van der Waals surface area contributed by atoms with Crippen LogP contribution in [0, 0.1) is 0 Å². The summed E-state index contributed by atoms with van der Waals surface area (Å²) in [6.45, 7) is -0.150. The molecule has 0 bridgehead atoms. The molecule has 1 saturated heterocycles. The summed E-state index contributed by atoms with van der Waals surface area (Å²) in [5, 5.41) is 25.5. The third kappa shape index (κ3) is 6.03. The predicted octanol–water partition coefficient (Wildman–Crippen LogP) is 4.51. The highest BCUT2D eigenvalue weighted by Gasteiger charge is 2.43. The van der Waals surface area contributed by atoms with E-state index in [0.717, 1.165) is 6.07 Å². The number of anilines is 2. The van der Waals surface area contributed by atoms with Gasteiger partial charge in [-0.15, -0.1) is 0 Å². The maximum atomic E-state index is 12.3. The lowest BCUT2D eigenvalue weighted by molar-refractivity contribution is -0.119. The van der Waals surface area contributed by atoms with E-state index in [0.29, 0.717) is 33.7 Å². The second kappa shape index (κ2) is 12.3. The molecule has 1 fully saturated rings. The van der Waals surface area contributed by atoms with E-state index in [9.17, 15) is 24.6 Å². The van der Waals surface area contributed by atoms with Gasteiger partial charge in [-0.1, -0.05) is 6.07 Å². The quantitative estimate of drug-likeness (QED) is 0.188. The Hall–Kier alpha value is -5.27. The highest BCUT2D eigenvalue weighted by molar-refractivity contribution is 7.80. The monoisotopic (exact) mass is 602 g/mol. The molecule has 0 saturated carbocycles. The van der Waals surface area contributed by atoms with Crippen molar-refractivity contribution in [1.82, 2.24) is 10.3 Å². The van der Waals surface area contributed by atoms with Crippen molar-refractivity contribution in [2.24, 2.45) is 0 Å². The van der Waals surface area contributed by atoms with Crippen LogP contribution < -0.4 is 20.3 Å². The van der Waals surface area contributed by atoms with E-state index in [-0.39, 0.29) is 35.0 Å². The number of carbonyl (C=O) groups excluding carboxylic acids is 1. The number of ether oxygens (including phenoxy) is 2. The van der Waals surface area contributed by atoms with Gasteiger partial charge in [0.15, 0.2) is 5.11 Å². The molecular weight excluding hydrogens is 576 g/mol. The molecule has 3 heterocycles. The van der Waals surface area contributed by atoms with Crippen LogP contribution in [0.15, 0.2) is 77.3 Å². The fourth-order valence-corrected chi connectivity index (χ4v) is 5.21. The number of methoxy groups -OCH3 is 2. The maximum absolute atomic E-state index is 12.3. The fraction of sp³-hybridized carbons (Fsp3) is 0.167. The van der Waals surface area contributed by atoms with Gasteiger partial charge in [0, 0.05) is 24.6 Å². The van der Waals surface area contributed by atoms with Crippen LogP contribution in [0.4, 0.5) is 11.4 Å². The predicted molar refractivity (Wildman–Crippen MR) is 159 cm³/mol. The lowest BCUT2D eigenvalue weighted by Gasteiger charge is -2.27. The lowest BCUT2D eigenvalue weighted by Crippen LogP contribution is -2.29. The number of carbonyl (C=O) groups is 3. The maximum Gasteiger partial charge on any atom is 0.335 e. The Labute approximate surface area is 250 Å². The van der Waals surface area contributed by atoms with Crippen molar-refractivity contribution < 1.29 is 38.5 Å². The number of furan rings is 1. The van der Waals surface area contributed by atoms with Crippen LogP contribution in [0.1, 0.15) is 44.3 Å². The number of thiocarbonyl (C=S) groups is 1. The molecular formula is C30H26N4O8S. The molecule has 4 N–H and O–H groups in total. The van der Waals surface area contributed by atoms with Crippen molar-refractivity contribution in [3.05, 3.63) is 95.5 Å². The highest BCUT2D eigenvalue weighted by Crippen LogP contribution is 2.44. The average molecular weight is 603 g/mol. The van der Waals surface area contributed by atoms with Crippen LogP contribution in [0.3, 0.4) is 0 Å². The molecule has 12 nitrogen and oxygen atoms in total. The Kier molecular flexibility index (Phi) is 8.36. The van der Waals surface area contributed by atoms with Gasteiger partial charge in [-0.2, -0.15) is 0 Å². The molecule has 2 atom stereocenters. The van der Waals surface area contributed by atoms with Gasteiger partial charge in [-0.05, 0) is 72.9 Å². The van der Waals surface area contributed by atoms with E-state index in [4.69, 9.17) is 26.1 Å². The van der Waals surface area contributed by atoms with Gasteiger partial charge in [-0.3, -0.25) is 9.78 Å². The van der Waals surface area contributed by atoms with E-state index >= 15 is 0 Å². The van der Waals surface area contributed by atoms with E-state index in [1.165, 1.54) is 26.4 Å². The summed E-state index contributed by atoms with van der Waals surface area (Å²) in [7, 11) is 2.91. The van der Waals surface area contributed by atoms with E-state index in [1.807, 2.05) is 17.0 Å². The number of carboxylic acids is 2. The second-order valence-electron chi connectivity index (χ2n) is 9.47. The zero-order valence-electron chi connectivity index (χ0n) is 22.9. The summed E-state index contributed by atoms with van der Waals surface area (Å²) < 4.78 is 16.7. The third-order valence-corrected chi connectivity index (χ3v) is 7.05. The number of carboxylic acid groups (broad SMARTS) is 2. The van der Waals surface area contributed by atoms with Gasteiger partial charge in [0.1, 0.15) is 29.9 Å². The largest absolute Gasteiger partial charge is 0.495 e. The summed E-state index contributed by atoms with van der Waals surface area (Å²) >= 11 is 5.78. The molecule has 13 heteroatoms. The molecule has 1 aliphatic heterocycles. The number of pyridine rings is 1. The molecule has 43 heavy (non-hydrogen) atoms. The highest BCUT2D eigenvalue weighted by atomic mass is 32.1. The van der Waals surface area contributed by atoms with Crippen LogP contribution >= 0.6 is 12.2 Å². The van der Waals surface area contributed by atoms with Crippen LogP contribution in [-0.4, -0.2) is 59.0 Å². The average Bonchev–Trinajstić information content (AvgIpc) is 3.62. The Balaban J connectivity index is 1.60. The number of amides is 1. The fourth-order valence-electron chi connectivity index (χ4n) is 4.87. The van der Waals surface area contributed by atoms with Crippen molar-refractivity contribution in [2.45, 2.75) is 12.1 Å². The van der Waals surface area contributed by atoms with E-state index < -0.39 is 24.0 Å². The Morgan fingerprint density at radius 1 is 1.02 bits per heavy atom. The number of hydrogen-bond donors (Lipinski definition) is 4. The minimum atomic E-state index is -1.27. The first kappa shape index (κ1) is 29.2. The number of aromatic carboxylic acids is 2.